The summed E-state index contributed by atoms with van der Waals surface area (Å²) in [4.78, 5) is 30.6. The van der Waals surface area contributed by atoms with Crippen molar-refractivity contribution in [1.82, 2.24) is 10.5 Å². The lowest BCUT2D eigenvalue weighted by Gasteiger charge is -2.33. The second kappa shape index (κ2) is 5.97. The van der Waals surface area contributed by atoms with Gasteiger partial charge in [0.1, 0.15) is 0 Å². The monoisotopic (exact) mass is 337 g/mol. The zero-order valence-electron chi connectivity index (χ0n) is 13.7. The standard InChI is InChI=1S/C19H19N3O3/c23-17(21-25)14-1-2-15-12-19(6-3-13(15)11-14)7-10-22(18(19)24)16-4-8-20-9-5-16/h1-2,4-5,8-9,11,25H,3,6-7,10,12H2,(H,21,23). The summed E-state index contributed by atoms with van der Waals surface area (Å²) in [6, 6.07) is 9.15. The third-order valence-corrected chi connectivity index (χ3v) is 5.46. The number of rotatable bonds is 2. The van der Waals surface area contributed by atoms with E-state index in [9.17, 15) is 9.59 Å². The molecule has 1 saturated heterocycles. The Kier molecular flexibility index (Phi) is 3.77. The van der Waals surface area contributed by atoms with E-state index >= 15 is 0 Å². The highest BCUT2D eigenvalue weighted by atomic mass is 16.5. The normalized spacial score (nSPS) is 22.1. The topological polar surface area (TPSA) is 82.5 Å². The first-order valence-electron chi connectivity index (χ1n) is 8.41. The molecule has 1 aromatic heterocycles. The van der Waals surface area contributed by atoms with Crippen LogP contribution >= 0.6 is 0 Å². The minimum absolute atomic E-state index is 0.182. The second-order valence-electron chi connectivity index (χ2n) is 6.79. The van der Waals surface area contributed by atoms with Gasteiger partial charge in [0, 0.05) is 30.2 Å². The second-order valence-corrected chi connectivity index (χ2v) is 6.79. The fraction of sp³-hybridized carbons (Fsp3) is 0.316. The smallest absolute Gasteiger partial charge is 0.274 e. The number of nitrogens with one attached hydrogen (secondary N) is 1. The molecule has 0 saturated carbocycles. The Morgan fingerprint density at radius 2 is 1.96 bits per heavy atom. The average molecular weight is 337 g/mol. The summed E-state index contributed by atoms with van der Waals surface area (Å²) in [5.74, 6) is -0.328. The Morgan fingerprint density at radius 1 is 1.16 bits per heavy atom. The number of hydrogen-bond donors (Lipinski definition) is 2. The predicted octanol–water partition coefficient (Wildman–Crippen LogP) is 2.11. The molecule has 1 spiro atoms. The van der Waals surface area contributed by atoms with Gasteiger partial charge >= 0.3 is 0 Å². The highest BCUT2D eigenvalue weighted by molar-refractivity contribution is 6.00. The molecule has 6 nitrogen and oxygen atoms in total. The van der Waals surface area contributed by atoms with Gasteiger partial charge < -0.3 is 4.90 Å². The van der Waals surface area contributed by atoms with Crippen LogP contribution in [0.25, 0.3) is 0 Å². The summed E-state index contributed by atoms with van der Waals surface area (Å²) < 4.78 is 0. The van der Waals surface area contributed by atoms with Gasteiger partial charge in [-0.25, -0.2) is 5.48 Å². The molecule has 1 aliphatic carbocycles. The fourth-order valence-electron chi connectivity index (χ4n) is 4.05. The molecule has 0 radical (unpaired) electrons. The van der Waals surface area contributed by atoms with Crippen LogP contribution in [-0.4, -0.2) is 28.6 Å². The zero-order valence-corrected chi connectivity index (χ0v) is 13.7. The van der Waals surface area contributed by atoms with E-state index in [1.807, 2.05) is 29.2 Å². The number of carbonyl (C=O) groups excluding carboxylic acids is 2. The van der Waals surface area contributed by atoms with Gasteiger partial charge in [0.15, 0.2) is 0 Å². The van der Waals surface area contributed by atoms with Gasteiger partial charge in [0.25, 0.3) is 5.91 Å². The molecule has 2 amide bonds. The maximum absolute atomic E-state index is 13.1. The van der Waals surface area contributed by atoms with Gasteiger partial charge in [-0.2, -0.15) is 0 Å². The first-order valence-corrected chi connectivity index (χ1v) is 8.41. The van der Waals surface area contributed by atoms with Crippen molar-refractivity contribution in [2.75, 3.05) is 11.4 Å². The quantitative estimate of drug-likeness (QED) is 0.649. The van der Waals surface area contributed by atoms with E-state index in [1.54, 1.807) is 23.9 Å². The molecule has 1 atom stereocenters. The van der Waals surface area contributed by atoms with Crippen molar-refractivity contribution in [3.63, 3.8) is 0 Å². The highest BCUT2D eigenvalue weighted by Crippen LogP contribution is 2.45. The van der Waals surface area contributed by atoms with E-state index < -0.39 is 5.91 Å². The van der Waals surface area contributed by atoms with Crippen LogP contribution < -0.4 is 10.4 Å². The van der Waals surface area contributed by atoms with Gasteiger partial charge in [-0.15, -0.1) is 0 Å². The maximum Gasteiger partial charge on any atom is 0.274 e. The van der Waals surface area contributed by atoms with Crippen molar-refractivity contribution >= 4 is 17.5 Å². The highest BCUT2D eigenvalue weighted by Gasteiger charge is 2.48. The number of aromatic nitrogens is 1. The molecular formula is C19H19N3O3. The Balaban J connectivity index is 1.60. The number of anilines is 1. The molecule has 1 aromatic carbocycles. The lowest BCUT2D eigenvalue weighted by Crippen LogP contribution is -2.38. The van der Waals surface area contributed by atoms with Gasteiger partial charge in [0.2, 0.25) is 5.91 Å². The number of hydrogen-bond acceptors (Lipinski definition) is 4. The third kappa shape index (κ3) is 2.59. The lowest BCUT2D eigenvalue weighted by atomic mass is 9.70. The van der Waals surface area contributed by atoms with Crippen LogP contribution in [0.3, 0.4) is 0 Å². The maximum atomic E-state index is 13.1. The van der Waals surface area contributed by atoms with Crippen molar-refractivity contribution in [2.45, 2.75) is 25.7 Å². The lowest BCUT2D eigenvalue weighted by molar-refractivity contribution is -0.126. The Bertz CT molecular complexity index is 837. The van der Waals surface area contributed by atoms with Crippen LogP contribution in [0.15, 0.2) is 42.7 Å². The first-order chi connectivity index (χ1) is 12.1. The molecule has 2 heterocycles. The number of aryl methyl sites for hydroxylation is 1. The van der Waals surface area contributed by atoms with Crippen LogP contribution in [-0.2, 0) is 17.6 Å². The number of benzene rings is 1. The molecule has 25 heavy (non-hydrogen) atoms. The minimum atomic E-state index is -0.510. The van der Waals surface area contributed by atoms with Crippen LogP contribution in [0.4, 0.5) is 5.69 Å². The summed E-state index contributed by atoms with van der Waals surface area (Å²) in [5.41, 5.74) is 4.85. The number of carbonyl (C=O) groups is 2. The summed E-state index contributed by atoms with van der Waals surface area (Å²) in [6.07, 6.45) is 6.49. The van der Waals surface area contributed by atoms with Crippen molar-refractivity contribution in [1.29, 1.82) is 0 Å². The summed E-state index contributed by atoms with van der Waals surface area (Å²) in [7, 11) is 0. The Morgan fingerprint density at radius 3 is 2.72 bits per heavy atom. The predicted molar refractivity (Wildman–Crippen MR) is 91.4 cm³/mol. The van der Waals surface area contributed by atoms with Crippen molar-refractivity contribution < 1.29 is 14.8 Å². The number of fused-ring (bicyclic) bond motifs is 1. The largest absolute Gasteiger partial charge is 0.312 e. The molecule has 2 aliphatic rings. The molecule has 128 valence electrons. The van der Waals surface area contributed by atoms with E-state index in [0.29, 0.717) is 12.0 Å². The van der Waals surface area contributed by atoms with Gasteiger partial charge in [0.05, 0.1) is 5.41 Å². The molecule has 1 fully saturated rings. The summed E-state index contributed by atoms with van der Waals surface area (Å²) in [6.45, 7) is 0.725. The summed E-state index contributed by atoms with van der Waals surface area (Å²) in [5, 5.41) is 8.78. The molecule has 2 aromatic rings. The SMILES string of the molecule is O=C(NO)c1ccc2c(c1)CCC1(CCN(c3ccncc3)C1=O)C2. The van der Waals surface area contributed by atoms with Gasteiger partial charge in [-0.05, 0) is 61.1 Å². The van der Waals surface area contributed by atoms with Gasteiger partial charge in [-0.3, -0.25) is 19.8 Å². The Labute approximate surface area is 145 Å². The van der Waals surface area contributed by atoms with E-state index in [-0.39, 0.29) is 11.3 Å². The Hall–Kier alpha value is -2.73. The third-order valence-electron chi connectivity index (χ3n) is 5.46. The zero-order chi connectivity index (χ0) is 17.4. The number of hydroxylamine groups is 1. The van der Waals surface area contributed by atoms with Crippen molar-refractivity contribution in [3.8, 4) is 0 Å². The first kappa shape index (κ1) is 15.8. The van der Waals surface area contributed by atoms with Crippen molar-refractivity contribution in [2.24, 2.45) is 5.41 Å². The van der Waals surface area contributed by atoms with E-state index in [0.717, 1.165) is 42.6 Å². The molecule has 6 heteroatoms. The van der Waals surface area contributed by atoms with E-state index in [4.69, 9.17) is 5.21 Å². The number of nitrogens with zero attached hydrogens (tertiary/aromatic N) is 2. The molecule has 0 bridgehead atoms. The van der Waals surface area contributed by atoms with Crippen molar-refractivity contribution in [3.05, 3.63) is 59.4 Å². The van der Waals surface area contributed by atoms with Crippen LogP contribution in [0.5, 0.6) is 0 Å². The molecular weight excluding hydrogens is 318 g/mol. The molecule has 1 aliphatic heterocycles. The minimum Gasteiger partial charge on any atom is -0.312 e. The van der Waals surface area contributed by atoms with Crippen LogP contribution in [0.1, 0.15) is 34.3 Å². The molecule has 1 unspecified atom stereocenters. The van der Waals surface area contributed by atoms with E-state index in [1.165, 1.54) is 0 Å². The fourth-order valence-corrected chi connectivity index (χ4v) is 4.05. The van der Waals surface area contributed by atoms with Crippen LogP contribution in [0, 0.1) is 5.41 Å². The molecule has 4 rings (SSSR count). The molecule has 2 N–H and O–H groups in total. The number of pyridine rings is 1. The van der Waals surface area contributed by atoms with Crippen LogP contribution in [0.2, 0.25) is 0 Å². The average Bonchev–Trinajstić information content (AvgIpc) is 2.97. The number of amides is 2. The van der Waals surface area contributed by atoms with E-state index in [2.05, 4.69) is 4.98 Å². The summed E-state index contributed by atoms with van der Waals surface area (Å²) >= 11 is 0. The van der Waals surface area contributed by atoms with Gasteiger partial charge in [-0.1, -0.05) is 6.07 Å².